The minimum Gasteiger partial charge on any atom is -0.456 e. The van der Waals surface area contributed by atoms with Gasteiger partial charge in [-0.25, -0.2) is 0 Å². The lowest BCUT2D eigenvalue weighted by molar-refractivity contribution is 0.669. The van der Waals surface area contributed by atoms with Crippen LogP contribution in [0.4, 0.5) is 0 Å². The van der Waals surface area contributed by atoms with Gasteiger partial charge in [-0.05, 0) is 96.0 Å². The third-order valence-electron chi connectivity index (χ3n) is 7.84. The highest BCUT2D eigenvalue weighted by molar-refractivity contribution is 6.22. The molecule has 0 bridgehead atoms. The van der Waals surface area contributed by atoms with E-state index < -0.39 is 84.6 Å². The first kappa shape index (κ1) is 14.0. The van der Waals surface area contributed by atoms with Crippen LogP contribution in [0.2, 0.25) is 0 Å². The average molecular weight is 561 g/mol. The molecule has 0 N–H and O–H groups in total. The summed E-state index contributed by atoms with van der Waals surface area (Å²) < 4.78 is 130. The van der Waals surface area contributed by atoms with Crippen molar-refractivity contribution in [1.82, 2.24) is 0 Å². The summed E-state index contributed by atoms with van der Waals surface area (Å²) in [7, 11) is 0. The van der Waals surface area contributed by atoms with Crippen LogP contribution in [-0.4, -0.2) is 0 Å². The molecule has 43 heavy (non-hydrogen) atoms. The molecular weight excluding hydrogens is 520 g/mol. The van der Waals surface area contributed by atoms with Crippen molar-refractivity contribution in [2.24, 2.45) is 0 Å². The zero-order chi connectivity index (χ0) is 40.5. The van der Waals surface area contributed by atoms with Crippen LogP contribution in [0.15, 0.2) is 162 Å². The first-order valence-electron chi connectivity index (χ1n) is 20.6. The Labute approximate surface area is 268 Å². The number of rotatable bonds is 3. The number of hydrogen-bond acceptors (Lipinski definition) is 1. The van der Waals surface area contributed by atoms with E-state index in [0.29, 0.717) is 16.7 Å². The summed E-state index contributed by atoms with van der Waals surface area (Å²) in [5.74, 6) is 0. The van der Waals surface area contributed by atoms with Crippen LogP contribution in [0, 0.1) is 0 Å². The lowest BCUT2D eigenvalue weighted by Gasteiger charge is -2.18. The fourth-order valence-corrected chi connectivity index (χ4v) is 5.90. The highest BCUT2D eigenvalue weighted by atomic mass is 16.3. The molecule has 0 aliphatic carbocycles. The second-order valence-electron chi connectivity index (χ2n) is 10.2. The molecule has 0 aliphatic rings. The second-order valence-corrected chi connectivity index (χ2v) is 10.2. The molecule has 0 radical (unpaired) electrons. The van der Waals surface area contributed by atoms with Gasteiger partial charge in [0.25, 0.3) is 0 Å². The molecule has 1 nitrogen and oxygen atoms in total. The Bertz CT molecular complexity index is 3200. The molecule has 0 atom stereocenters. The molecule has 0 unspecified atom stereocenters. The number of hydrogen-bond donors (Lipinski definition) is 0. The number of benzene rings is 8. The summed E-state index contributed by atoms with van der Waals surface area (Å²) in [6.45, 7) is 0. The van der Waals surface area contributed by atoms with Crippen molar-refractivity contribution in [2.45, 2.75) is 0 Å². The van der Waals surface area contributed by atoms with E-state index in [2.05, 4.69) is 0 Å². The standard InChI is InChI=1S/C42H26O/c1-2-10-27(11-3-1)30-21-23-39-38(25-30)33-22-20-32(26-40(33)43-39)42-36-16-8-6-14-34(36)41(35-15-7-9-17-37(35)42)31-19-18-28-12-4-5-13-29(28)24-31/h1-26H/i4D,5D,6D,7D,8D,9D,12D,13D,14D,15D,16D,17D,18D,19D. The van der Waals surface area contributed by atoms with Gasteiger partial charge < -0.3 is 4.42 Å². The molecule has 0 spiro atoms. The predicted octanol–water partition coefficient (Wildman–Crippen LogP) is 12.0. The van der Waals surface area contributed by atoms with Gasteiger partial charge in [-0.1, -0.05) is 127 Å². The third kappa shape index (κ3) is 3.79. The van der Waals surface area contributed by atoms with Gasteiger partial charge in [0.05, 0.1) is 19.2 Å². The summed E-state index contributed by atoms with van der Waals surface area (Å²) in [6.07, 6.45) is 0. The molecule has 0 fully saturated rings. The van der Waals surface area contributed by atoms with Crippen LogP contribution in [0.25, 0.3) is 87.6 Å². The van der Waals surface area contributed by atoms with Gasteiger partial charge in [-0.15, -0.1) is 0 Å². The Balaban J connectivity index is 1.47. The van der Waals surface area contributed by atoms with Crippen LogP contribution < -0.4 is 0 Å². The van der Waals surface area contributed by atoms with E-state index in [-0.39, 0.29) is 49.0 Å². The Morgan fingerprint density at radius 2 is 1.00 bits per heavy atom. The maximum absolute atomic E-state index is 9.28. The first-order chi connectivity index (χ1) is 27.1. The monoisotopic (exact) mass is 560 g/mol. The van der Waals surface area contributed by atoms with Crippen molar-refractivity contribution in [1.29, 1.82) is 0 Å². The van der Waals surface area contributed by atoms with Crippen LogP contribution in [-0.2, 0) is 0 Å². The van der Waals surface area contributed by atoms with Crippen LogP contribution in [0.1, 0.15) is 19.2 Å². The Morgan fingerprint density at radius 3 is 1.72 bits per heavy atom. The van der Waals surface area contributed by atoms with Crippen molar-refractivity contribution >= 4 is 54.3 Å². The second kappa shape index (κ2) is 9.44. The summed E-state index contributed by atoms with van der Waals surface area (Å²) in [6, 6.07) is 13.9. The zero-order valence-electron chi connectivity index (χ0n) is 36.3. The maximum atomic E-state index is 9.28. The van der Waals surface area contributed by atoms with Gasteiger partial charge >= 0.3 is 0 Å². The molecule has 0 amide bonds. The third-order valence-corrected chi connectivity index (χ3v) is 7.84. The highest BCUT2D eigenvalue weighted by Gasteiger charge is 2.18. The quantitative estimate of drug-likeness (QED) is 0.196. The van der Waals surface area contributed by atoms with E-state index in [1.807, 2.05) is 48.5 Å². The van der Waals surface area contributed by atoms with Crippen LogP contribution >= 0.6 is 0 Å². The van der Waals surface area contributed by atoms with Gasteiger partial charge in [0, 0.05) is 10.8 Å². The van der Waals surface area contributed by atoms with Gasteiger partial charge in [0.1, 0.15) is 11.2 Å². The largest absolute Gasteiger partial charge is 0.456 e. The first-order valence-corrected chi connectivity index (χ1v) is 13.6. The summed E-state index contributed by atoms with van der Waals surface area (Å²) in [5.41, 5.74) is 2.94. The van der Waals surface area contributed by atoms with Crippen molar-refractivity contribution in [3.63, 3.8) is 0 Å². The molecule has 8 aromatic carbocycles. The van der Waals surface area contributed by atoms with E-state index in [9.17, 15) is 6.85 Å². The fourth-order valence-electron chi connectivity index (χ4n) is 5.90. The topological polar surface area (TPSA) is 13.1 Å². The molecule has 1 aromatic heterocycles. The van der Waals surface area contributed by atoms with E-state index in [4.69, 9.17) is 16.8 Å². The summed E-state index contributed by atoms with van der Waals surface area (Å²) in [4.78, 5) is 0. The molecule has 0 aliphatic heterocycles. The molecule has 200 valence electrons. The Hall–Kier alpha value is -5.66. The Morgan fingerprint density at radius 1 is 0.372 bits per heavy atom. The predicted molar refractivity (Wildman–Crippen MR) is 183 cm³/mol. The SMILES string of the molecule is [2H]c1c([2H])c([2H])c2c([2H])c([2H])c(-c3c4c([2H])c([2H])c([2H])c([2H])c4c(-c4ccc5c(c4)oc4ccc(-c6ccccc6)cc45)c4c([2H])c([2H])c([2H])c([2H])c34)cc2c1[2H]. The van der Waals surface area contributed by atoms with Gasteiger partial charge in [0.2, 0.25) is 0 Å². The van der Waals surface area contributed by atoms with Crippen molar-refractivity contribution < 1.29 is 23.6 Å². The minimum absolute atomic E-state index is 0.0652. The van der Waals surface area contributed by atoms with E-state index in [1.54, 1.807) is 18.2 Å². The summed E-state index contributed by atoms with van der Waals surface area (Å²) in [5, 5.41) is 0.553. The molecule has 1 heteroatoms. The minimum atomic E-state index is -0.651. The molecule has 9 aromatic rings. The maximum Gasteiger partial charge on any atom is 0.136 e. The zero-order valence-corrected chi connectivity index (χ0v) is 22.3. The van der Waals surface area contributed by atoms with E-state index in [1.165, 1.54) is 6.07 Å². The highest BCUT2D eigenvalue weighted by Crippen LogP contribution is 2.45. The lowest BCUT2D eigenvalue weighted by Crippen LogP contribution is -1.91. The normalized spacial score (nSPS) is 16.3. The molecule has 0 saturated carbocycles. The number of fused-ring (bicyclic) bond motifs is 6. The molecule has 0 saturated heterocycles. The van der Waals surface area contributed by atoms with Crippen LogP contribution in [0.3, 0.4) is 0 Å². The number of furan rings is 1. The van der Waals surface area contributed by atoms with Gasteiger partial charge in [0.15, 0.2) is 0 Å². The van der Waals surface area contributed by atoms with Crippen molar-refractivity contribution in [3.05, 3.63) is 157 Å². The lowest BCUT2D eigenvalue weighted by atomic mass is 9.85. The average Bonchev–Trinajstić information content (AvgIpc) is 3.59. The van der Waals surface area contributed by atoms with Gasteiger partial charge in [-0.3, -0.25) is 0 Å². The van der Waals surface area contributed by atoms with Gasteiger partial charge in [-0.2, -0.15) is 0 Å². The van der Waals surface area contributed by atoms with E-state index in [0.717, 1.165) is 21.9 Å². The molecule has 1 heterocycles. The fraction of sp³-hybridized carbons (Fsp3) is 0. The van der Waals surface area contributed by atoms with Crippen molar-refractivity contribution in [3.8, 4) is 33.4 Å². The van der Waals surface area contributed by atoms with Crippen molar-refractivity contribution in [2.75, 3.05) is 0 Å². The molecular formula is C42H26O. The van der Waals surface area contributed by atoms with Crippen LogP contribution in [0.5, 0.6) is 0 Å². The Kier molecular flexibility index (Phi) is 3.07. The molecule has 9 rings (SSSR count). The summed E-state index contributed by atoms with van der Waals surface area (Å²) >= 11 is 0. The smallest absolute Gasteiger partial charge is 0.136 e. The van der Waals surface area contributed by atoms with E-state index >= 15 is 0 Å².